The zero-order valence-corrected chi connectivity index (χ0v) is 18.0. The van der Waals surface area contributed by atoms with Crippen LogP contribution in [0, 0.1) is 13.8 Å². The van der Waals surface area contributed by atoms with Gasteiger partial charge in [0.25, 0.3) is 15.9 Å². The largest absolute Gasteiger partial charge is 0.484 e. The number of amides is 1. The Balaban J connectivity index is 1.60. The van der Waals surface area contributed by atoms with Crippen LogP contribution in [0.25, 0.3) is 0 Å². The lowest BCUT2D eigenvalue weighted by atomic mass is 10.2. The number of rotatable bonds is 7. The van der Waals surface area contributed by atoms with Gasteiger partial charge in [-0.1, -0.05) is 29.3 Å². The lowest BCUT2D eigenvalue weighted by Crippen LogP contribution is -2.20. The van der Waals surface area contributed by atoms with Crippen molar-refractivity contribution in [2.75, 3.05) is 16.6 Å². The standard InChI is InChI=1S/C22H21ClN2O4S/c1-15-3-8-19(9-4-15)29-14-22(26)24-18-6-10-20(11-7-18)30(27,28)25-21-12-5-17(23)13-16(21)2/h3-13,25H,14H2,1-2H3,(H,24,26). The van der Waals surface area contributed by atoms with Gasteiger partial charge >= 0.3 is 0 Å². The monoisotopic (exact) mass is 444 g/mol. The zero-order chi connectivity index (χ0) is 21.7. The highest BCUT2D eigenvalue weighted by molar-refractivity contribution is 7.92. The predicted molar refractivity (Wildman–Crippen MR) is 119 cm³/mol. The van der Waals surface area contributed by atoms with Gasteiger partial charge in [-0.05, 0) is 74.0 Å². The minimum atomic E-state index is -3.77. The number of aryl methyl sites for hydroxylation is 2. The van der Waals surface area contributed by atoms with E-state index in [1.54, 1.807) is 37.3 Å². The Morgan fingerprint density at radius 3 is 2.27 bits per heavy atom. The summed E-state index contributed by atoms with van der Waals surface area (Å²) in [4.78, 5) is 12.1. The molecule has 3 aromatic rings. The molecule has 156 valence electrons. The lowest BCUT2D eigenvalue weighted by molar-refractivity contribution is -0.118. The molecule has 0 aliphatic rings. The minimum absolute atomic E-state index is 0.0748. The topological polar surface area (TPSA) is 84.5 Å². The van der Waals surface area contributed by atoms with Crippen molar-refractivity contribution < 1.29 is 17.9 Å². The van der Waals surface area contributed by atoms with Crippen LogP contribution in [-0.2, 0) is 14.8 Å². The summed E-state index contributed by atoms with van der Waals surface area (Å²) in [5.74, 6) is 0.252. The maximum absolute atomic E-state index is 12.6. The maximum atomic E-state index is 12.6. The third-order valence-corrected chi connectivity index (χ3v) is 5.89. The number of carbonyl (C=O) groups excluding carboxylic acids is 1. The van der Waals surface area contributed by atoms with Gasteiger partial charge in [-0.25, -0.2) is 8.42 Å². The molecule has 8 heteroatoms. The first-order valence-electron chi connectivity index (χ1n) is 9.11. The number of hydrogen-bond acceptors (Lipinski definition) is 4. The van der Waals surface area contributed by atoms with Gasteiger partial charge in [-0.3, -0.25) is 9.52 Å². The fraction of sp³-hybridized carbons (Fsp3) is 0.136. The zero-order valence-electron chi connectivity index (χ0n) is 16.5. The van der Waals surface area contributed by atoms with Crippen molar-refractivity contribution in [3.63, 3.8) is 0 Å². The first-order valence-corrected chi connectivity index (χ1v) is 11.0. The summed E-state index contributed by atoms with van der Waals surface area (Å²) in [5, 5.41) is 3.20. The van der Waals surface area contributed by atoms with Crippen LogP contribution in [0.3, 0.4) is 0 Å². The second-order valence-corrected chi connectivity index (χ2v) is 8.86. The number of carbonyl (C=O) groups is 1. The summed E-state index contributed by atoms with van der Waals surface area (Å²) in [6.07, 6.45) is 0. The van der Waals surface area contributed by atoms with E-state index in [9.17, 15) is 13.2 Å². The van der Waals surface area contributed by atoms with Crippen LogP contribution in [0.1, 0.15) is 11.1 Å². The van der Waals surface area contributed by atoms with Crippen LogP contribution in [-0.4, -0.2) is 20.9 Å². The molecular weight excluding hydrogens is 424 g/mol. The quantitative estimate of drug-likeness (QED) is 0.549. The molecule has 0 bridgehead atoms. The van der Waals surface area contributed by atoms with Crippen molar-refractivity contribution in [2.45, 2.75) is 18.7 Å². The first-order chi connectivity index (χ1) is 14.2. The van der Waals surface area contributed by atoms with Gasteiger partial charge in [0.2, 0.25) is 0 Å². The van der Waals surface area contributed by atoms with Crippen LogP contribution in [0.4, 0.5) is 11.4 Å². The summed E-state index contributed by atoms with van der Waals surface area (Å²) in [6.45, 7) is 3.58. The third-order valence-electron chi connectivity index (χ3n) is 4.27. The second kappa shape index (κ2) is 9.19. The van der Waals surface area contributed by atoms with Gasteiger partial charge in [0.15, 0.2) is 6.61 Å². The average Bonchev–Trinajstić information content (AvgIpc) is 2.70. The molecule has 3 rings (SSSR count). The molecule has 0 aromatic heterocycles. The molecule has 0 radical (unpaired) electrons. The molecular formula is C22H21ClN2O4S. The van der Waals surface area contributed by atoms with Crippen LogP contribution in [0.15, 0.2) is 71.6 Å². The van der Waals surface area contributed by atoms with E-state index in [4.69, 9.17) is 16.3 Å². The number of anilines is 2. The summed E-state index contributed by atoms with van der Waals surface area (Å²) in [6, 6.07) is 18.2. The molecule has 2 N–H and O–H groups in total. The summed E-state index contributed by atoms with van der Waals surface area (Å²) < 4.78 is 33.2. The van der Waals surface area contributed by atoms with Gasteiger partial charge in [0.1, 0.15) is 5.75 Å². The maximum Gasteiger partial charge on any atom is 0.262 e. The number of hydrogen-bond donors (Lipinski definition) is 2. The Bertz CT molecular complexity index is 1140. The van der Waals surface area contributed by atoms with Crippen molar-refractivity contribution in [3.8, 4) is 5.75 Å². The molecule has 30 heavy (non-hydrogen) atoms. The van der Waals surface area contributed by atoms with Crippen molar-refractivity contribution in [1.29, 1.82) is 0 Å². The van der Waals surface area contributed by atoms with Crippen molar-refractivity contribution >= 4 is 38.9 Å². The molecule has 0 heterocycles. The molecule has 0 saturated carbocycles. The van der Waals surface area contributed by atoms with E-state index < -0.39 is 10.0 Å². The van der Waals surface area contributed by atoms with E-state index in [-0.39, 0.29) is 17.4 Å². The number of sulfonamides is 1. The van der Waals surface area contributed by atoms with Gasteiger partial charge in [-0.2, -0.15) is 0 Å². The van der Waals surface area contributed by atoms with E-state index in [2.05, 4.69) is 10.0 Å². The average molecular weight is 445 g/mol. The molecule has 0 spiro atoms. The Labute approximate surface area is 180 Å². The Hall–Kier alpha value is -3.03. The number of nitrogens with one attached hydrogen (secondary N) is 2. The summed E-state index contributed by atoms with van der Waals surface area (Å²) in [5.41, 5.74) is 2.73. The van der Waals surface area contributed by atoms with E-state index >= 15 is 0 Å². The highest BCUT2D eigenvalue weighted by atomic mass is 35.5. The van der Waals surface area contributed by atoms with Gasteiger partial charge in [0.05, 0.1) is 10.6 Å². The Morgan fingerprint density at radius 2 is 1.63 bits per heavy atom. The summed E-state index contributed by atoms with van der Waals surface area (Å²) >= 11 is 5.91. The normalized spacial score (nSPS) is 11.0. The number of benzene rings is 3. The van der Waals surface area contributed by atoms with Crippen LogP contribution in [0.5, 0.6) is 5.75 Å². The predicted octanol–water partition coefficient (Wildman–Crippen LogP) is 4.78. The van der Waals surface area contributed by atoms with Crippen molar-refractivity contribution in [3.05, 3.63) is 82.9 Å². The van der Waals surface area contributed by atoms with Crippen LogP contribution < -0.4 is 14.8 Å². The molecule has 0 aliphatic heterocycles. The van der Waals surface area contributed by atoms with E-state index in [0.717, 1.165) is 5.56 Å². The van der Waals surface area contributed by atoms with Crippen molar-refractivity contribution in [1.82, 2.24) is 0 Å². The minimum Gasteiger partial charge on any atom is -0.484 e. The van der Waals surface area contributed by atoms with Gasteiger partial charge < -0.3 is 10.1 Å². The van der Waals surface area contributed by atoms with Gasteiger partial charge in [0, 0.05) is 10.7 Å². The first kappa shape index (κ1) is 21.7. The fourth-order valence-electron chi connectivity index (χ4n) is 2.64. The molecule has 0 saturated heterocycles. The molecule has 6 nitrogen and oxygen atoms in total. The number of ether oxygens (including phenoxy) is 1. The van der Waals surface area contributed by atoms with Crippen LogP contribution >= 0.6 is 11.6 Å². The lowest BCUT2D eigenvalue weighted by Gasteiger charge is -2.12. The second-order valence-electron chi connectivity index (χ2n) is 6.74. The summed E-state index contributed by atoms with van der Waals surface area (Å²) in [7, 11) is -3.77. The SMILES string of the molecule is Cc1ccc(OCC(=O)Nc2ccc(S(=O)(=O)Nc3ccc(Cl)cc3C)cc2)cc1. The van der Waals surface area contributed by atoms with Crippen LogP contribution in [0.2, 0.25) is 5.02 Å². The van der Waals surface area contributed by atoms with Crippen molar-refractivity contribution in [2.24, 2.45) is 0 Å². The van der Waals surface area contributed by atoms with E-state index in [1.165, 1.54) is 24.3 Å². The van der Waals surface area contributed by atoms with Gasteiger partial charge in [-0.15, -0.1) is 0 Å². The molecule has 0 fully saturated rings. The van der Waals surface area contributed by atoms with E-state index in [0.29, 0.717) is 27.7 Å². The third kappa shape index (κ3) is 5.75. The molecule has 0 aliphatic carbocycles. The fourth-order valence-corrected chi connectivity index (χ4v) is 4.00. The molecule has 1 amide bonds. The molecule has 0 atom stereocenters. The highest BCUT2D eigenvalue weighted by Gasteiger charge is 2.15. The smallest absolute Gasteiger partial charge is 0.262 e. The highest BCUT2D eigenvalue weighted by Crippen LogP contribution is 2.23. The molecule has 0 unspecified atom stereocenters. The Morgan fingerprint density at radius 1 is 0.967 bits per heavy atom. The Kier molecular flexibility index (Phi) is 6.64. The molecule has 3 aromatic carbocycles. The van der Waals surface area contributed by atoms with E-state index in [1.807, 2.05) is 19.1 Å². The number of halogens is 1.